The van der Waals surface area contributed by atoms with Gasteiger partial charge in [0.15, 0.2) is 0 Å². The highest BCUT2D eigenvalue weighted by atomic mass is 32.2. The lowest BCUT2D eigenvalue weighted by Crippen LogP contribution is -2.16. The molecule has 3 rings (SSSR count). The van der Waals surface area contributed by atoms with Crippen LogP contribution in [0.3, 0.4) is 0 Å². The molecule has 0 fully saturated rings. The van der Waals surface area contributed by atoms with Crippen LogP contribution in [0.25, 0.3) is 21.9 Å². The number of fused-ring (bicyclic) bond motifs is 1. The highest BCUT2D eigenvalue weighted by Gasteiger charge is 2.10. The van der Waals surface area contributed by atoms with Crippen LogP contribution in [-0.2, 0) is 18.0 Å². The van der Waals surface area contributed by atoms with Gasteiger partial charge in [0.1, 0.15) is 16.8 Å². The quantitative estimate of drug-likeness (QED) is 0.787. The van der Waals surface area contributed by atoms with E-state index in [4.69, 9.17) is 0 Å². The molecule has 1 atom stereocenters. The summed E-state index contributed by atoms with van der Waals surface area (Å²) < 4.78 is 29.3. The van der Waals surface area contributed by atoms with E-state index in [0.717, 1.165) is 11.1 Å². The number of nitrogens with zero attached hydrogens (tertiary/aromatic N) is 1. The molecule has 1 unspecified atom stereocenters. The van der Waals surface area contributed by atoms with Gasteiger partial charge in [0.05, 0.1) is 0 Å². The third kappa shape index (κ3) is 3.37. The van der Waals surface area contributed by atoms with Gasteiger partial charge in [0.2, 0.25) is 0 Å². The van der Waals surface area contributed by atoms with Crippen molar-refractivity contribution >= 4 is 27.4 Å². The topological polar surface area (TPSA) is 82.6 Å². The zero-order valence-corrected chi connectivity index (χ0v) is 14.0. The van der Waals surface area contributed by atoms with E-state index in [-0.39, 0.29) is 11.0 Å². The SMILES string of the molecule is Cn1cc(-c2cccc(NS(C)=O)c2)c2cc(F)ccc2c1=O.O. The average molecular weight is 348 g/mol. The number of halogens is 1. The van der Waals surface area contributed by atoms with Gasteiger partial charge in [-0.05, 0) is 41.3 Å². The maximum Gasteiger partial charge on any atom is 0.258 e. The van der Waals surface area contributed by atoms with E-state index in [1.807, 2.05) is 18.2 Å². The van der Waals surface area contributed by atoms with Crippen molar-refractivity contribution < 1.29 is 14.1 Å². The number of rotatable bonds is 3. The predicted octanol–water partition coefficient (Wildman–Crippen LogP) is 2.23. The Kier molecular flexibility index (Phi) is 5.16. The van der Waals surface area contributed by atoms with Crippen molar-refractivity contribution in [1.82, 2.24) is 4.57 Å². The molecule has 1 heterocycles. The first-order valence-corrected chi connectivity index (χ1v) is 8.51. The lowest BCUT2D eigenvalue weighted by atomic mass is 10.00. The second-order valence-corrected chi connectivity index (χ2v) is 6.40. The minimum atomic E-state index is -1.19. The molecule has 0 bridgehead atoms. The van der Waals surface area contributed by atoms with Gasteiger partial charge in [-0.25, -0.2) is 8.60 Å². The molecule has 0 aliphatic carbocycles. The molecule has 1 aromatic heterocycles. The third-order valence-corrected chi connectivity index (χ3v) is 4.10. The fourth-order valence-electron chi connectivity index (χ4n) is 2.58. The van der Waals surface area contributed by atoms with E-state index in [2.05, 4.69) is 4.72 Å². The van der Waals surface area contributed by atoms with E-state index in [0.29, 0.717) is 16.5 Å². The van der Waals surface area contributed by atoms with Crippen molar-refractivity contribution in [2.75, 3.05) is 11.0 Å². The van der Waals surface area contributed by atoms with Gasteiger partial charge in [-0.2, -0.15) is 0 Å². The monoisotopic (exact) mass is 348 g/mol. The normalized spacial score (nSPS) is 11.8. The van der Waals surface area contributed by atoms with Crippen LogP contribution in [0.5, 0.6) is 0 Å². The first-order chi connectivity index (χ1) is 11.0. The maximum absolute atomic E-state index is 13.7. The van der Waals surface area contributed by atoms with E-state index in [1.165, 1.54) is 22.8 Å². The molecule has 2 aromatic carbocycles. The van der Waals surface area contributed by atoms with E-state index >= 15 is 0 Å². The van der Waals surface area contributed by atoms with Crippen LogP contribution >= 0.6 is 0 Å². The number of benzene rings is 2. The van der Waals surface area contributed by atoms with Crippen LogP contribution in [0.1, 0.15) is 0 Å². The van der Waals surface area contributed by atoms with Gasteiger partial charge >= 0.3 is 0 Å². The number of hydrogen-bond acceptors (Lipinski definition) is 2. The molecule has 0 aliphatic rings. The Bertz CT molecular complexity index is 985. The van der Waals surface area contributed by atoms with Crippen molar-refractivity contribution in [3.8, 4) is 11.1 Å². The molecule has 0 saturated heterocycles. The molecule has 24 heavy (non-hydrogen) atoms. The molecule has 3 aromatic rings. The molecule has 0 spiro atoms. The van der Waals surface area contributed by atoms with Crippen LogP contribution in [-0.4, -0.2) is 20.5 Å². The van der Waals surface area contributed by atoms with E-state index in [9.17, 15) is 13.4 Å². The predicted molar refractivity (Wildman–Crippen MR) is 95.9 cm³/mol. The summed E-state index contributed by atoms with van der Waals surface area (Å²) >= 11 is 0. The number of pyridine rings is 1. The summed E-state index contributed by atoms with van der Waals surface area (Å²) in [5.41, 5.74) is 2.08. The number of nitrogens with one attached hydrogen (secondary N) is 1. The molecule has 126 valence electrons. The lowest BCUT2D eigenvalue weighted by Gasteiger charge is -2.11. The molecule has 0 radical (unpaired) electrons. The van der Waals surface area contributed by atoms with Crippen molar-refractivity contribution in [3.05, 3.63) is 64.8 Å². The largest absolute Gasteiger partial charge is 0.412 e. The first-order valence-electron chi connectivity index (χ1n) is 6.95. The Hall–Kier alpha value is -2.51. The smallest absolute Gasteiger partial charge is 0.258 e. The average Bonchev–Trinajstić information content (AvgIpc) is 2.50. The number of aryl methyl sites for hydroxylation is 1. The van der Waals surface area contributed by atoms with Gasteiger partial charge in [0.25, 0.3) is 5.56 Å². The summed E-state index contributed by atoms with van der Waals surface area (Å²) in [6.45, 7) is 0. The summed E-state index contributed by atoms with van der Waals surface area (Å²) in [7, 11) is 0.479. The fourth-order valence-corrected chi connectivity index (χ4v) is 3.04. The first kappa shape index (κ1) is 17.8. The third-order valence-electron chi connectivity index (χ3n) is 3.58. The van der Waals surface area contributed by atoms with Crippen LogP contribution in [0.2, 0.25) is 0 Å². The van der Waals surface area contributed by atoms with Gasteiger partial charge in [-0.1, -0.05) is 12.1 Å². The minimum Gasteiger partial charge on any atom is -0.412 e. The highest BCUT2D eigenvalue weighted by Crippen LogP contribution is 2.29. The Morgan fingerprint density at radius 2 is 1.88 bits per heavy atom. The molecule has 5 nitrogen and oxygen atoms in total. The molecule has 3 N–H and O–H groups in total. The van der Waals surface area contributed by atoms with Crippen molar-refractivity contribution in [2.45, 2.75) is 0 Å². The second kappa shape index (κ2) is 6.94. The Morgan fingerprint density at radius 1 is 1.12 bits per heavy atom. The summed E-state index contributed by atoms with van der Waals surface area (Å²) in [4.78, 5) is 12.2. The van der Waals surface area contributed by atoms with Gasteiger partial charge in [-0.3, -0.25) is 4.79 Å². The highest BCUT2D eigenvalue weighted by molar-refractivity contribution is 7.85. The molecule has 0 aliphatic heterocycles. The maximum atomic E-state index is 13.7. The molecule has 7 heteroatoms. The Balaban J connectivity index is 0.00000208. The van der Waals surface area contributed by atoms with Crippen LogP contribution in [0, 0.1) is 5.82 Å². The summed E-state index contributed by atoms with van der Waals surface area (Å²) in [5.74, 6) is -0.393. The van der Waals surface area contributed by atoms with Crippen molar-refractivity contribution in [2.24, 2.45) is 7.05 Å². The Labute approximate surface area is 140 Å². The van der Waals surface area contributed by atoms with Crippen LogP contribution in [0.4, 0.5) is 10.1 Å². The Morgan fingerprint density at radius 3 is 2.58 bits per heavy atom. The standard InChI is InChI=1S/C17H15FN2O2S.H2O/c1-20-10-16(11-4-3-5-13(8-11)19-23(2)22)15-9-12(18)6-7-14(15)17(20)21;/h3-10,19H,1-2H3;1H2. The van der Waals surface area contributed by atoms with Crippen LogP contribution < -0.4 is 10.3 Å². The lowest BCUT2D eigenvalue weighted by molar-refractivity contribution is 0.629. The molecule has 0 saturated carbocycles. The molecular formula is C17H17FN2O3S. The van der Waals surface area contributed by atoms with Crippen LogP contribution in [0.15, 0.2) is 53.5 Å². The summed E-state index contributed by atoms with van der Waals surface area (Å²) in [5, 5.41) is 1.02. The van der Waals surface area contributed by atoms with E-state index < -0.39 is 16.8 Å². The molecule has 0 amide bonds. The fraction of sp³-hybridized carbons (Fsp3) is 0.118. The number of hydrogen-bond donors (Lipinski definition) is 1. The van der Waals surface area contributed by atoms with E-state index in [1.54, 1.807) is 25.6 Å². The van der Waals surface area contributed by atoms with Gasteiger partial charge in [0, 0.05) is 36.1 Å². The zero-order chi connectivity index (χ0) is 16.6. The minimum absolute atomic E-state index is 0. The zero-order valence-electron chi connectivity index (χ0n) is 13.2. The van der Waals surface area contributed by atoms with Gasteiger partial charge in [-0.15, -0.1) is 0 Å². The van der Waals surface area contributed by atoms with Crippen molar-refractivity contribution in [3.63, 3.8) is 0 Å². The summed E-state index contributed by atoms with van der Waals surface area (Å²) in [6, 6.07) is 11.5. The summed E-state index contributed by atoms with van der Waals surface area (Å²) in [6.07, 6.45) is 3.23. The second-order valence-electron chi connectivity index (χ2n) is 5.29. The van der Waals surface area contributed by atoms with Gasteiger partial charge < -0.3 is 14.8 Å². The molecular weight excluding hydrogens is 331 g/mol. The number of aromatic nitrogens is 1. The number of anilines is 1. The van der Waals surface area contributed by atoms with Crippen molar-refractivity contribution in [1.29, 1.82) is 0 Å².